The van der Waals surface area contributed by atoms with Crippen LogP contribution in [0.4, 0.5) is 0 Å². The van der Waals surface area contributed by atoms with Crippen LogP contribution in [0.3, 0.4) is 0 Å². The Balaban J connectivity index is 2.12. The number of fused-ring (bicyclic) bond motifs is 1. The fourth-order valence-electron chi connectivity index (χ4n) is 2.02. The molecule has 0 bridgehead atoms. The molecule has 6 heteroatoms. The lowest BCUT2D eigenvalue weighted by Gasteiger charge is -2.10. The van der Waals surface area contributed by atoms with Gasteiger partial charge in [0.15, 0.2) is 0 Å². The summed E-state index contributed by atoms with van der Waals surface area (Å²) in [5.74, 6) is 7.01. The van der Waals surface area contributed by atoms with Gasteiger partial charge >= 0.3 is 0 Å². The van der Waals surface area contributed by atoms with E-state index in [0.717, 1.165) is 41.8 Å². The predicted molar refractivity (Wildman–Crippen MR) is 80.1 cm³/mol. The molecule has 19 heavy (non-hydrogen) atoms. The Labute approximate surface area is 121 Å². The second kappa shape index (κ2) is 6.77. The highest BCUT2D eigenvalue weighted by atomic mass is 79.9. The van der Waals surface area contributed by atoms with Crippen molar-refractivity contribution in [2.75, 3.05) is 13.2 Å². The highest BCUT2D eigenvalue weighted by molar-refractivity contribution is 9.10. The third kappa shape index (κ3) is 3.61. The smallest absolute Gasteiger partial charge is 0.206 e. The standard InChI is InChI=1S/C13H19BrN4O/c1-2-4-16-13(18-15)17-8-10-7-11(14)6-9-3-5-19-12(9)10/h6-7H,2-5,8,15H2,1H3,(H2,16,17,18). The van der Waals surface area contributed by atoms with E-state index in [1.165, 1.54) is 5.56 Å². The van der Waals surface area contributed by atoms with E-state index in [1.807, 2.05) is 6.07 Å². The number of halogens is 1. The summed E-state index contributed by atoms with van der Waals surface area (Å²) in [5.41, 5.74) is 4.89. The molecular formula is C13H19BrN4O. The normalized spacial score (nSPS) is 13.9. The summed E-state index contributed by atoms with van der Waals surface area (Å²) in [6.45, 7) is 4.23. The van der Waals surface area contributed by atoms with Crippen molar-refractivity contribution in [2.24, 2.45) is 10.8 Å². The molecule has 0 aromatic heterocycles. The second-order valence-corrected chi connectivity index (χ2v) is 5.30. The zero-order valence-electron chi connectivity index (χ0n) is 11.0. The minimum atomic E-state index is 0.540. The second-order valence-electron chi connectivity index (χ2n) is 4.39. The van der Waals surface area contributed by atoms with Gasteiger partial charge in [-0.2, -0.15) is 0 Å². The van der Waals surface area contributed by atoms with Crippen molar-refractivity contribution in [2.45, 2.75) is 26.3 Å². The molecule has 5 nitrogen and oxygen atoms in total. The molecular weight excluding hydrogens is 308 g/mol. The maximum absolute atomic E-state index is 5.67. The largest absolute Gasteiger partial charge is 0.493 e. The van der Waals surface area contributed by atoms with Gasteiger partial charge in [0, 0.05) is 23.0 Å². The Morgan fingerprint density at radius 2 is 2.37 bits per heavy atom. The number of ether oxygens (including phenoxy) is 1. The van der Waals surface area contributed by atoms with Gasteiger partial charge in [0.2, 0.25) is 5.96 Å². The molecule has 1 aromatic carbocycles. The number of nitrogens with one attached hydrogen (secondary N) is 2. The van der Waals surface area contributed by atoms with Gasteiger partial charge in [-0.1, -0.05) is 22.9 Å². The Morgan fingerprint density at radius 3 is 3.11 bits per heavy atom. The fourth-order valence-corrected chi connectivity index (χ4v) is 2.58. The topological polar surface area (TPSA) is 71.7 Å². The van der Waals surface area contributed by atoms with E-state index in [9.17, 15) is 0 Å². The number of aliphatic imine (C=N–C) groups is 1. The van der Waals surface area contributed by atoms with E-state index >= 15 is 0 Å². The monoisotopic (exact) mass is 326 g/mol. The van der Waals surface area contributed by atoms with E-state index in [1.54, 1.807) is 0 Å². The molecule has 0 amide bonds. The number of nitrogens with two attached hydrogens (primary N) is 1. The van der Waals surface area contributed by atoms with Gasteiger partial charge in [0.05, 0.1) is 13.2 Å². The van der Waals surface area contributed by atoms with Crippen LogP contribution in [-0.2, 0) is 13.0 Å². The molecule has 1 heterocycles. The van der Waals surface area contributed by atoms with Crippen LogP contribution >= 0.6 is 15.9 Å². The van der Waals surface area contributed by atoms with Gasteiger partial charge in [0.1, 0.15) is 5.75 Å². The van der Waals surface area contributed by atoms with Crippen molar-refractivity contribution in [1.29, 1.82) is 0 Å². The molecule has 0 fully saturated rings. The zero-order valence-corrected chi connectivity index (χ0v) is 12.6. The maximum Gasteiger partial charge on any atom is 0.206 e. The molecule has 1 aliphatic rings. The molecule has 4 N–H and O–H groups in total. The highest BCUT2D eigenvalue weighted by Crippen LogP contribution is 2.33. The van der Waals surface area contributed by atoms with Crippen LogP contribution in [0, 0.1) is 0 Å². The van der Waals surface area contributed by atoms with Crippen molar-refractivity contribution in [3.63, 3.8) is 0 Å². The lowest BCUT2D eigenvalue weighted by molar-refractivity contribution is 0.353. The van der Waals surface area contributed by atoms with Crippen LogP contribution < -0.4 is 21.3 Å². The van der Waals surface area contributed by atoms with Gasteiger partial charge in [-0.3, -0.25) is 5.43 Å². The van der Waals surface area contributed by atoms with Crippen LogP contribution in [0.1, 0.15) is 24.5 Å². The summed E-state index contributed by atoms with van der Waals surface area (Å²) in [5, 5.41) is 3.13. The lowest BCUT2D eigenvalue weighted by atomic mass is 10.1. The average Bonchev–Trinajstić information content (AvgIpc) is 2.86. The molecule has 1 aromatic rings. The van der Waals surface area contributed by atoms with Crippen molar-refractivity contribution < 1.29 is 4.74 Å². The number of rotatable bonds is 4. The Bertz CT molecular complexity index is 476. The first-order chi connectivity index (χ1) is 9.24. The summed E-state index contributed by atoms with van der Waals surface area (Å²) in [6.07, 6.45) is 1.98. The minimum Gasteiger partial charge on any atom is -0.493 e. The Morgan fingerprint density at radius 1 is 1.53 bits per heavy atom. The first-order valence-corrected chi connectivity index (χ1v) is 7.23. The van der Waals surface area contributed by atoms with E-state index in [0.29, 0.717) is 12.5 Å². The predicted octanol–water partition coefficient (Wildman–Crippen LogP) is 1.70. The van der Waals surface area contributed by atoms with Gasteiger partial charge in [0.25, 0.3) is 0 Å². The van der Waals surface area contributed by atoms with Crippen LogP contribution in [0.2, 0.25) is 0 Å². The van der Waals surface area contributed by atoms with E-state index in [4.69, 9.17) is 10.6 Å². The van der Waals surface area contributed by atoms with Crippen LogP contribution in [-0.4, -0.2) is 19.1 Å². The Kier molecular flexibility index (Phi) is 5.04. The lowest BCUT2D eigenvalue weighted by Crippen LogP contribution is -2.41. The molecule has 0 aliphatic carbocycles. The molecule has 2 rings (SSSR count). The highest BCUT2D eigenvalue weighted by Gasteiger charge is 2.17. The third-order valence-corrected chi connectivity index (χ3v) is 3.37. The molecule has 104 valence electrons. The molecule has 0 unspecified atom stereocenters. The van der Waals surface area contributed by atoms with Crippen LogP contribution in [0.15, 0.2) is 21.6 Å². The number of hydrogen-bond acceptors (Lipinski definition) is 3. The van der Waals surface area contributed by atoms with Crippen molar-refractivity contribution >= 4 is 21.9 Å². The number of nitrogens with zero attached hydrogens (tertiary/aromatic N) is 1. The van der Waals surface area contributed by atoms with Gasteiger partial charge in [-0.15, -0.1) is 0 Å². The van der Waals surface area contributed by atoms with E-state index < -0.39 is 0 Å². The van der Waals surface area contributed by atoms with Gasteiger partial charge in [-0.05, 0) is 24.1 Å². The van der Waals surface area contributed by atoms with Crippen molar-refractivity contribution in [3.05, 3.63) is 27.7 Å². The first kappa shape index (κ1) is 14.1. The zero-order chi connectivity index (χ0) is 13.7. The SMILES string of the molecule is CCCNC(=NCc1cc(Br)cc2c1OCC2)NN. The molecule has 0 atom stereocenters. The van der Waals surface area contributed by atoms with E-state index in [2.05, 4.69) is 44.7 Å². The summed E-state index contributed by atoms with van der Waals surface area (Å²) < 4.78 is 6.73. The minimum absolute atomic E-state index is 0.540. The molecule has 0 saturated heterocycles. The summed E-state index contributed by atoms with van der Waals surface area (Å²) in [7, 11) is 0. The van der Waals surface area contributed by atoms with Gasteiger partial charge < -0.3 is 10.1 Å². The maximum atomic E-state index is 5.67. The summed E-state index contributed by atoms with van der Waals surface area (Å²) in [4.78, 5) is 4.44. The number of hydrogen-bond donors (Lipinski definition) is 3. The number of guanidine groups is 1. The molecule has 0 spiro atoms. The van der Waals surface area contributed by atoms with E-state index in [-0.39, 0.29) is 0 Å². The van der Waals surface area contributed by atoms with Crippen molar-refractivity contribution in [1.82, 2.24) is 10.7 Å². The summed E-state index contributed by atoms with van der Waals surface area (Å²) in [6, 6.07) is 4.15. The number of benzene rings is 1. The first-order valence-electron chi connectivity index (χ1n) is 6.43. The number of hydrazine groups is 1. The van der Waals surface area contributed by atoms with Gasteiger partial charge in [-0.25, -0.2) is 10.8 Å². The third-order valence-electron chi connectivity index (χ3n) is 2.91. The van der Waals surface area contributed by atoms with Crippen LogP contribution in [0.25, 0.3) is 0 Å². The molecule has 0 saturated carbocycles. The summed E-state index contributed by atoms with van der Waals surface area (Å²) >= 11 is 3.52. The Hall–Kier alpha value is -1.27. The fraction of sp³-hybridized carbons (Fsp3) is 0.462. The quantitative estimate of drug-likeness (QED) is 0.341. The van der Waals surface area contributed by atoms with Crippen LogP contribution in [0.5, 0.6) is 5.75 Å². The molecule has 0 radical (unpaired) electrons. The average molecular weight is 327 g/mol. The molecule has 1 aliphatic heterocycles. The van der Waals surface area contributed by atoms with Crippen molar-refractivity contribution in [3.8, 4) is 5.75 Å².